The molecule has 2 aromatic rings. The average Bonchev–Trinajstić information content (AvgIpc) is 3.04. The maximum Gasteiger partial charge on any atom is 0.363 e. The van der Waals surface area contributed by atoms with Crippen LogP contribution in [0.4, 0.5) is 0 Å². The molecule has 0 atom stereocenters. The number of cyclic esters (lactones) is 1. The molecule has 0 unspecified atom stereocenters. The minimum atomic E-state index is -0.498. The number of halogens is 1. The van der Waals surface area contributed by atoms with Gasteiger partial charge in [-0.05, 0) is 54.5 Å². The summed E-state index contributed by atoms with van der Waals surface area (Å²) in [6.45, 7) is 2.74. The normalized spacial score (nSPS) is 14.9. The molecule has 6 heteroatoms. The monoisotopic (exact) mass is 385 g/mol. The maximum absolute atomic E-state index is 12.1. The Kier molecular flexibility index (Phi) is 6.14. The van der Waals surface area contributed by atoms with Crippen molar-refractivity contribution in [2.45, 2.75) is 19.8 Å². The topological polar surface area (TPSA) is 57.1 Å². The van der Waals surface area contributed by atoms with E-state index in [4.69, 9.17) is 25.8 Å². The van der Waals surface area contributed by atoms with Crippen LogP contribution >= 0.6 is 11.6 Å². The molecular weight excluding hydrogens is 366 g/mol. The highest BCUT2D eigenvalue weighted by atomic mass is 35.5. The Morgan fingerprint density at radius 1 is 1.15 bits per heavy atom. The fourth-order valence-electron chi connectivity index (χ4n) is 2.50. The number of hydrogen-bond donors (Lipinski definition) is 0. The fourth-order valence-corrected chi connectivity index (χ4v) is 2.63. The fraction of sp³-hybridized carbons (Fsp3) is 0.238. The summed E-state index contributed by atoms with van der Waals surface area (Å²) in [6, 6.07) is 12.4. The molecule has 0 N–H and O–H groups in total. The molecule has 0 saturated heterocycles. The van der Waals surface area contributed by atoms with Crippen molar-refractivity contribution in [3.05, 3.63) is 64.3 Å². The molecule has 0 amide bonds. The van der Waals surface area contributed by atoms with Crippen LogP contribution in [0.15, 0.2) is 53.2 Å². The van der Waals surface area contributed by atoms with Gasteiger partial charge in [0.2, 0.25) is 5.90 Å². The highest BCUT2D eigenvalue weighted by Crippen LogP contribution is 2.30. The van der Waals surface area contributed by atoms with E-state index in [1.54, 1.807) is 43.5 Å². The largest absolute Gasteiger partial charge is 0.493 e. The van der Waals surface area contributed by atoms with Gasteiger partial charge in [-0.25, -0.2) is 9.79 Å². The van der Waals surface area contributed by atoms with Gasteiger partial charge in [0.15, 0.2) is 17.2 Å². The van der Waals surface area contributed by atoms with Crippen molar-refractivity contribution in [1.82, 2.24) is 0 Å². The zero-order valence-electron chi connectivity index (χ0n) is 15.2. The minimum absolute atomic E-state index is 0.224. The predicted octanol–water partition coefficient (Wildman–Crippen LogP) is 4.87. The van der Waals surface area contributed by atoms with Crippen LogP contribution < -0.4 is 9.47 Å². The van der Waals surface area contributed by atoms with Gasteiger partial charge in [-0.3, -0.25) is 0 Å². The summed E-state index contributed by atoms with van der Waals surface area (Å²) in [4.78, 5) is 16.4. The van der Waals surface area contributed by atoms with Gasteiger partial charge in [-0.1, -0.05) is 31.0 Å². The smallest absolute Gasteiger partial charge is 0.363 e. The van der Waals surface area contributed by atoms with Crippen molar-refractivity contribution in [2.75, 3.05) is 13.7 Å². The first kappa shape index (κ1) is 19.0. The molecule has 0 aromatic heterocycles. The van der Waals surface area contributed by atoms with Crippen molar-refractivity contribution in [2.24, 2.45) is 4.99 Å². The van der Waals surface area contributed by atoms with E-state index in [0.29, 0.717) is 28.7 Å². The first-order chi connectivity index (χ1) is 13.1. The summed E-state index contributed by atoms with van der Waals surface area (Å²) < 4.78 is 16.4. The number of carbonyl (C=O) groups excluding carboxylic acids is 1. The Bertz CT molecular complexity index is 888. The van der Waals surface area contributed by atoms with Crippen molar-refractivity contribution in [1.29, 1.82) is 0 Å². The summed E-state index contributed by atoms with van der Waals surface area (Å²) >= 11 is 5.88. The molecular formula is C21H20ClNO4. The van der Waals surface area contributed by atoms with E-state index in [-0.39, 0.29) is 11.6 Å². The lowest BCUT2D eigenvalue weighted by Gasteiger charge is -2.10. The molecule has 0 bridgehead atoms. The summed E-state index contributed by atoms with van der Waals surface area (Å²) in [5.41, 5.74) is 1.68. The standard InChI is InChI=1S/C21H20ClNO4/c1-3-4-11-26-18-10-5-14(13-19(18)25-2)12-17-21(24)27-20(23-17)15-6-8-16(22)9-7-15/h5-10,12-13H,3-4,11H2,1-2H3. The lowest BCUT2D eigenvalue weighted by Crippen LogP contribution is -2.05. The van der Waals surface area contributed by atoms with E-state index in [9.17, 15) is 4.79 Å². The zero-order valence-corrected chi connectivity index (χ0v) is 16.0. The van der Waals surface area contributed by atoms with Crippen molar-refractivity contribution in [3.63, 3.8) is 0 Å². The molecule has 2 aromatic carbocycles. The molecule has 0 radical (unpaired) electrons. The second-order valence-electron chi connectivity index (χ2n) is 5.96. The Hall–Kier alpha value is -2.79. The van der Waals surface area contributed by atoms with Crippen LogP contribution in [0.3, 0.4) is 0 Å². The number of carbonyl (C=O) groups is 1. The molecule has 140 valence electrons. The van der Waals surface area contributed by atoms with Crippen molar-refractivity contribution in [3.8, 4) is 11.5 Å². The lowest BCUT2D eigenvalue weighted by molar-refractivity contribution is -0.129. The van der Waals surface area contributed by atoms with E-state index in [2.05, 4.69) is 11.9 Å². The average molecular weight is 386 g/mol. The number of hydrogen-bond acceptors (Lipinski definition) is 5. The molecule has 0 saturated carbocycles. The number of nitrogens with zero attached hydrogens (tertiary/aromatic N) is 1. The molecule has 0 fully saturated rings. The Balaban J connectivity index is 1.82. The third-order valence-electron chi connectivity index (χ3n) is 3.96. The molecule has 1 aliphatic heterocycles. The molecule has 0 spiro atoms. The van der Waals surface area contributed by atoms with E-state index in [0.717, 1.165) is 18.4 Å². The number of aliphatic imine (C=N–C) groups is 1. The van der Waals surface area contributed by atoms with Gasteiger partial charge >= 0.3 is 5.97 Å². The van der Waals surface area contributed by atoms with Gasteiger partial charge < -0.3 is 14.2 Å². The Morgan fingerprint density at radius 2 is 1.93 bits per heavy atom. The van der Waals surface area contributed by atoms with Crippen LogP contribution in [0.1, 0.15) is 30.9 Å². The highest BCUT2D eigenvalue weighted by Gasteiger charge is 2.24. The van der Waals surface area contributed by atoms with Gasteiger partial charge in [0.05, 0.1) is 13.7 Å². The summed E-state index contributed by atoms with van der Waals surface area (Å²) in [6.07, 6.45) is 3.69. The maximum atomic E-state index is 12.1. The third kappa shape index (κ3) is 4.68. The van der Waals surface area contributed by atoms with Crippen molar-refractivity contribution >= 4 is 29.5 Å². The number of ether oxygens (including phenoxy) is 3. The van der Waals surface area contributed by atoms with Gasteiger partial charge in [-0.2, -0.15) is 0 Å². The van der Waals surface area contributed by atoms with E-state index in [1.807, 2.05) is 12.1 Å². The number of rotatable bonds is 7. The van der Waals surface area contributed by atoms with Crippen LogP contribution in [0, 0.1) is 0 Å². The number of benzene rings is 2. The van der Waals surface area contributed by atoms with E-state index >= 15 is 0 Å². The quantitative estimate of drug-likeness (QED) is 0.387. The molecule has 0 aliphatic carbocycles. The van der Waals surface area contributed by atoms with Crippen LogP contribution in [-0.4, -0.2) is 25.6 Å². The zero-order chi connectivity index (χ0) is 19.2. The summed E-state index contributed by atoms with van der Waals surface area (Å²) in [7, 11) is 1.58. The number of esters is 1. The molecule has 1 heterocycles. The summed E-state index contributed by atoms with van der Waals surface area (Å²) in [5, 5.41) is 0.604. The van der Waals surface area contributed by atoms with Crippen LogP contribution in [0.25, 0.3) is 6.08 Å². The van der Waals surface area contributed by atoms with Crippen LogP contribution in [0.2, 0.25) is 5.02 Å². The Morgan fingerprint density at radius 3 is 2.63 bits per heavy atom. The molecule has 27 heavy (non-hydrogen) atoms. The molecule has 3 rings (SSSR count). The Labute approximate surface area is 163 Å². The van der Waals surface area contributed by atoms with Gasteiger partial charge in [0.1, 0.15) is 0 Å². The van der Waals surface area contributed by atoms with Crippen LogP contribution in [0.5, 0.6) is 11.5 Å². The van der Waals surface area contributed by atoms with E-state index < -0.39 is 5.97 Å². The number of methoxy groups -OCH3 is 1. The number of unbranched alkanes of at least 4 members (excludes halogenated alkanes) is 1. The third-order valence-corrected chi connectivity index (χ3v) is 4.21. The van der Waals surface area contributed by atoms with Crippen LogP contribution in [-0.2, 0) is 9.53 Å². The van der Waals surface area contributed by atoms with E-state index in [1.165, 1.54) is 0 Å². The molecule has 1 aliphatic rings. The predicted molar refractivity (Wildman–Crippen MR) is 105 cm³/mol. The van der Waals surface area contributed by atoms with Gasteiger partial charge in [0, 0.05) is 10.6 Å². The second kappa shape index (κ2) is 8.73. The second-order valence-corrected chi connectivity index (χ2v) is 6.39. The first-order valence-electron chi connectivity index (χ1n) is 8.70. The summed E-state index contributed by atoms with van der Waals surface area (Å²) in [5.74, 6) is 1.04. The SMILES string of the molecule is CCCCOc1ccc(C=C2N=C(c3ccc(Cl)cc3)OC2=O)cc1OC. The van der Waals surface area contributed by atoms with Gasteiger partial charge in [-0.15, -0.1) is 0 Å². The minimum Gasteiger partial charge on any atom is -0.493 e. The lowest BCUT2D eigenvalue weighted by atomic mass is 10.1. The molecule has 5 nitrogen and oxygen atoms in total. The van der Waals surface area contributed by atoms with Gasteiger partial charge in [0.25, 0.3) is 0 Å². The van der Waals surface area contributed by atoms with Crippen molar-refractivity contribution < 1.29 is 19.0 Å². The first-order valence-corrected chi connectivity index (χ1v) is 9.08. The highest BCUT2D eigenvalue weighted by molar-refractivity contribution is 6.30.